The van der Waals surface area contributed by atoms with E-state index in [0.717, 1.165) is 50.4 Å². The summed E-state index contributed by atoms with van der Waals surface area (Å²) >= 11 is 0. The Morgan fingerprint density at radius 1 is 0.594 bits per heavy atom. The Morgan fingerprint density at radius 3 is 1.91 bits per heavy atom. The van der Waals surface area contributed by atoms with Gasteiger partial charge in [-0.25, -0.2) is 0 Å². The molecule has 8 aromatic carbocycles. The summed E-state index contributed by atoms with van der Waals surface area (Å²) in [6.45, 7) is 6.67. The van der Waals surface area contributed by atoms with Crippen molar-refractivity contribution in [3.8, 4) is 22.3 Å². The summed E-state index contributed by atoms with van der Waals surface area (Å²) in [5, 5.41) is 0. The number of benzene rings is 7. The Morgan fingerprint density at radius 2 is 1.19 bits per heavy atom. The molecule has 0 saturated carbocycles. The zero-order valence-corrected chi connectivity index (χ0v) is 35.9. The molecule has 8 aromatic rings. The molecule has 0 radical (unpaired) electrons. The van der Waals surface area contributed by atoms with Crippen molar-refractivity contribution in [2.45, 2.75) is 23.9 Å². The molecule has 302 valence electrons. The molecule has 3 unspecified atom stereocenters. The fourth-order valence-corrected chi connectivity index (χ4v) is 10.6. The summed E-state index contributed by atoms with van der Waals surface area (Å²) in [6, 6.07) is 78.9. The molecule has 0 aliphatic heterocycles. The van der Waals surface area contributed by atoms with Crippen molar-refractivity contribution in [1.82, 2.24) is 4.90 Å². The van der Waals surface area contributed by atoms with Crippen LogP contribution in [-0.4, -0.2) is 17.7 Å². The lowest BCUT2D eigenvalue weighted by Gasteiger charge is -2.49. The van der Waals surface area contributed by atoms with Crippen molar-refractivity contribution >= 4 is 11.4 Å². The lowest BCUT2D eigenvalue weighted by atomic mass is 9.51. The predicted molar refractivity (Wildman–Crippen MR) is 262 cm³/mol. The second kappa shape index (κ2) is 15.6. The molecule has 2 heteroatoms. The van der Waals surface area contributed by atoms with Crippen LogP contribution in [0.1, 0.15) is 63.2 Å². The highest BCUT2D eigenvalue weighted by atomic mass is 15.2. The van der Waals surface area contributed by atoms with Crippen LogP contribution in [0.4, 0.5) is 0 Å². The van der Waals surface area contributed by atoms with Gasteiger partial charge < -0.3 is 4.90 Å². The molecule has 0 bridgehead atoms. The van der Waals surface area contributed by atoms with Crippen LogP contribution >= 0.6 is 0 Å². The monoisotopic (exact) mass is 816 g/mol. The highest BCUT2D eigenvalue weighted by Crippen LogP contribution is 2.65. The minimum absolute atomic E-state index is 0.376. The van der Waals surface area contributed by atoms with Gasteiger partial charge in [0, 0.05) is 23.9 Å². The van der Waals surface area contributed by atoms with Crippen molar-refractivity contribution in [1.29, 1.82) is 0 Å². The topological polar surface area (TPSA) is 15.6 Å². The average molecular weight is 817 g/mol. The summed E-state index contributed by atoms with van der Waals surface area (Å²) in [5.74, 6) is 0. The lowest BCUT2D eigenvalue weighted by molar-refractivity contribution is 0.369. The molecule has 0 fully saturated rings. The van der Waals surface area contributed by atoms with E-state index in [1.165, 1.54) is 44.5 Å². The van der Waals surface area contributed by atoms with Crippen molar-refractivity contribution in [3.05, 3.63) is 304 Å². The largest absolute Gasteiger partial charge is 0.349 e. The summed E-state index contributed by atoms with van der Waals surface area (Å²) in [6.07, 6.45) is 4.03. The molecule has 0 aromatic heterocycles. The van der Waals surface area contributed by atoms with Crippen LogP contribution in [0, 0.1) is 12.1 Å². The van der Waals surface area contributed by atoms with Gasteiger partial charge in [0.25, 0.3) is 0 Å². The van der Waals surface area contributed by atoms with Crippen LogP contribution < -0.4 is 0 Å². The number of aliphatic imine (C=N–C) groups is 1. The van der Waals surface area contributed by atoms with Crippen LogP contribution in [0.15, 0.2) is 247 Å². The molecule has 0 heterocycles. The zero-order chi connectivity index (χ0) is 43.3. The molecule has 11 rings (SSSR count). The van der Waals surface area contributed by atoms with Gasteiger partial charge in [-0.05, 0) is 104 Å². The van der Waals surface area contributed by atoms with Gasteiger partial charge in [-0.15, -0.1) is 0 Å². The van der Waals surface area contributed by atoms with Crippen molar-refractivity contribution in [2.24, 2.45) is 4.99 Å². The van der Waals surface area contributed by atoms with E-state index in [2.05, 4.69) is 243 Å². The third kappa shape index (κ3) is 5.88. The molecule has 0 N–H and O–H groups in total. The maximum Gasteiger partial charge on any atom is 0.147 e. The number of rotatable bonds is 10. The fraction of sp³-hybridized carbons (Fsp3) is 0.0806. The normalized spacial score (nSPS) is 18.1. The van der Waals surface area contributed by atoms with Gasteiger partial charge in [-0.3, -0.25) is 4.99 Å². The maximum absolute atomic E-state index is 5.57. The highest BCUT2D eigenvalue weighted by molar-refractivity contribution is 6.01. The van der Waals surface area contributed by atoms with Crippen molar-refractivity contribution in [2.75, 3.05) is 7.05 Å². The quantitative estimate of drug-likeness (QED) is 0.0992. The third-order valence-electron chi connectivity index (χ3n) is 13.5. The van der Waals surface area contributed by atoms with E-state index in [1.54, 1.807) is 0 Å². The second-order valence-corrected chi connectivity index (χ2v) is 16.8. The molecule has 3 aliphatic carbocycles. The van der Waals surface area contributed by atoms with Gasteiger partial charge in [0.1, 0.15) is 6.17 Å². The molecule has 0 amide bonds. The minimum Gasteiger partial charge on any atom is -0.349 e. The second-order valence-electron chi connectivity index (χ2n) is 16.8. The Bertz CT molecular complexity index is 3260. The van der Waals surface area contributed by atoms with E-state index in [4.69, 9.17) is 4.99 Å². The molecule has 2 nitrogen and oxygen atoms in total. The van der Waals surface area contributed by atoms with Crippen LogP contribution in [0.2, 0.25) is 0 Å². The highest BCUT2D eigenvalue weighted by Gasteiger charge is 2.58. The number of allylic oxidation sites excluding steroid dienone is 4. The number of fused-ring (bicyclic) bond motifs is 5. The van der Waals surface area contributed by atoms with Gasteiger partial charge in [-0.2, -0.15) is 0 Å². The van der Waals surface area contributed by atoms with E-state index in [0.29, 0.717) is 0 Å². The molecule has 0 saturated heterocycles. The molecule has 3 atom stereocenters. The molecule has 0 spiro atoms. The predicted octanol–water partition coefficient (Wildman–Crippen LogP) is 13.9. The number of hydrogen-bond donors (Lipinski definition) is 0. The van der Waals surface area contributed by atoms with E-state index >= 15 is 0 Å². The van der Waals surface area contributed by atoms with Crippen LogP contribution in [-0.2, 0) is 10.8 Å². The lowest BCUT2D eigenvalue weighted by Crippen LogP contribution is -2.44. The van der Waals surface area contributed by atoms with Crippen molar-refractivity contribution < 1.29 is 0 Å². The SMILES string of the molecule is C=C(c1ccccc1)N(C)C(/N=C(\C)C1=C=C=CC(C2(c3ccccc3)c3c#cccc3C3(c4ccccc4)c4ccccc4-c4cccc2c43)=C1)c1ccc(-c2ccccc2)cc1. The summed E-state index contributed by atoms with van der Waals surface area (Å²) in [5.41, 5.74) is 24.7. The smallest absolute Gasteiger partial charge is 0.147 e. The summed E-state index contributed by atoms with van der Waals surface area (Å²) in [4.78, 5) is 7.74. The van der Waals surface area contributed by atoms with E-state index < -0.39 is 10.8 Å². The molecule has 3 aliphatic rings. The van der Waals surface area contributed by atoms with E-state index in [1.807, 2.05) is 18.2 Å². The van der Waals surface area contributed by atoms with Crippen LogP contribution in [0.5, 0.6) is 0 Å². The first kappa shape index (κ1) is 38.7. The van der Waals surface area contributed by atoms with Gasteiger partial charge in [0.15, 0.2) is 0 Å². The summed E-state index contributed by atoms with van der Waals surface area (Å²) < 4.78 is 0. The Kier molecular flexibility index (Phi) is 9.46. The zero-order valence-electron chi connectivity index (χ0n) is 35.9. The van der Waals surface area contributed by atoms with Crippen LogP contribution in [0.25, 0.3) is 28.0 Å². The first-order valence-corrected chi connectivity index (χ1v) is 21.9. The molecule has 64 heavy (non-hydrogen) atoms. The van der Waals surface area contributed by atoms with Gasteiger partial charge in [-0.1, -0.05) is 218 Å². The minimum atomic E-state index is -0.786. The first-order chi connectivity index (χ1) is 31.5. The van der Waals surface area contributed by atoms with Gasteiger partial charge >= 0.3 is 0 Å². The maximum atomic E-state index is 5.57. The Labute approximate surface area is 376 Å². The fourth-order valence-electron chi connectivity index (χ4n) is 10.6. The number of nitrogens with zero attached hydrogens (tertiary/aromatic N) is 2. The Hall–Kier alpha value is -8.17. The first-order valence-electron chi connectivity index (χ1n) is 21.9. The third-order valence-corrected chi connectivity index (χ3v) is 13.5. The number of hydrogen-bond acceptors (Lipinski definition) is 2. The average Bonchev–Trinajstić information content (AvgIpc) is 3.68. The van der Waals surface area contributed by atoms with Gasteiger partial charge in [0.05, 0.1) is 16.5 Å². The van der Waals surface area contributed by atoms with E-state index in [9.17, 15) is 0 Å². The van der Waals surface area contributed by atoms with E-state index in [-0.39, 0.29) is 6.17 Å². The van der Waals surface area contributed by atoms with Crippen molar-refractivity contribution in [3.63, 3.8) is 0 Å². The van der Waals surface area contributed by atoms with Crippen LogP contribution in [0.3, 0.4) is 0 Å². The molecular weight excluding hydrogens is 773 g/mol. The Balaban J connectivity index is 1.11. The molecular formula is C62H44N2. The van der Waals surface area contributed by atoms with Gasteiger partial charge in [0.2, 0.25) is 0 Å². The summed E-state index contributed by atoms with van der Waals surface area (Å²) in [7, 11) is 2.08. The standard InChI is InChI=1S/C62H44N2/c1-43(63-60(64(3)44(2)45-22-8-4-9-23-45)48-40-38-47(39-41-48)46-24-10-5-11-25-46)49-26-20-31-52(42-49)61(50-27-12-6-13-28-50)56-35-18-19-36-57(56)62(51-29-14-7-15-30-51)55-34-17-16-32-53(55)54-33-21-37-58(61)59(54)62/h4-17,19,21-25,27-34,36-42,60H,2H2,1,3H3/b63-43+.